The van der Waals surface area contributed by atoms with Gasteiger partial charge in [0, 0.05) is 29.4 Å². The second-order valence-electron chi connectivity index (χ2n) is 3.13. The first-order chi connectivity index (χ1) is 6.93. The van der Waals surface area contributed by atoms with Crippen molar-refractivity contribution in [3.8, 4) is 0 Å². The lowest BCUT2D eigenvalue weighted by molar-refractivity contribution is -0.139. The summed E-state index contributed by atoms with van der Waals surface area (Å²) in [4.78, 5) is 21.4. The first-order valence-electron chi connectivity index (χ1n) is 4.48. The molecule has 0 aromatic heterocycles. The van der Waals surface area contributed by atoms with Crippen LogP contribution >= 0.6 is 0 Å². The van der Waals surface area contributed by atoms with Crippen LogP contribution < -0.4 is 11.1 Å². The molecular formula is C8H16N2O4S. The Morgan fingerprint density at radius 1 is 1.53 bits per heavy atom. The minimum atomic E-state index is -1.10. The molecule has 0 heterocycles. The molecule has 0 rings (SSSR count). The average molecular weight is 236 g/mol. The van der Waals surface area contributed by atoms with E-state index in [0.717, 1.165) is 0 Å². The second-order valence-corrected chi connectivity index (χ2v) is 4.68. The first-order valence-corrected chi connectivity index (χ1v) is 6.21. The Morgan fingerprint density at radius 2 is 2.13 bits per heavy atom. The van der Waals surface area contributed by atoms with Crippen LogP contribution in [0.25, 0.3) is 0 Å². The molecule has 15 heavy (non-hydrogen) atoms. The van der Waals surface area contributed by atoms with Gasteiger partial charge in [-0.1, -0.05) is 0 Å². The second kappa shape index (κ2) is 7.36. The normalized spacial score (nSPS) is 14.3. The molecule has 0 aromatic carbocycles. The van der Waals surface area contributed by atoms with Crippen LogP contribution in [0, 0.1) is 0 Å². The Labute approximate surface area is 90.7 Å². The van der Waals surface area contributed by atoms with Crippen molar-refractivity contribution in [2.45, 2.75) is 18.9 Å². The highest BCUT2D eigenvalue weighted by atomic mass is 32.2. The van der Waals surface area contributed by atoms with Crippen molar-refractivity contribution in [3.05, 3.63) is 0 Å². The van der Waals surface area contributed by atoms with Crippen molar-refractivity contribution < 1.29 is 18.9 Å². The Bertz CT molecular complexity index is 257. The van der Waals surface area contributed by atoms with E-state index in [9.17, 15) is 13.8 Å². The number of rotatable bonds is 7. The lowest BCUT2D eigenvalue weighted by Gasteiger charge is -2.09. The van der Waals surface area contributed by atoms with Gasteiger partial charge >= 0.3 is 5.97 Å². The number of aliphatic carboxylic acids is 1. The molecule has 0 saturated carbocycles. The highest BCUT2D eigenvalue weighted by Gasteiger charge is 2.15. The Balaban J connectivity index is 3.64. The fourth-order valence-electron chi connectivity index (χ4n) is 0.899. The van der Waals surface area contributed by atoms with Crippen LogP contribution in [0.3, 0.4) is 0 Å². The van der Waals surface area contributed by atoms with Crippen LogP contribution in [0.2, 0.25) is 0 Å². The van der Waals surface area contributed by atoms with Gasteiger partial charge in [-0.2, -0.15) is 0 Å². The molecule has 0 spiro atoms. The third kappa shape index (κ3) is 8.07. The summed E-state index contributed by atoms with van der Waals surface area (Å²) in [5.74, 6) is -1.08. The van der Waals surface area contributed by atoms with Crippen LogP contribution in [-0.4, -0.2) is 45.8 Å². The van der Waals surface area contributed by atoms with Crippen LogP contribution in [0.4, 0.5) is 0 Å². The van der Waals surface area contributed by atoms with E-state index in [1.807, 2.05) is 0 Å². The number of nitrogens with two attached hydrogens (primary N) is 1. The summed E-state index contributed by atoms with van der Waals surface area (Å²) in [5.41, 5.74) is 5.31. The minimum absolute atomic E-state index is 0.367. The maximum absolute atomic E-state index is 11.1. The van der Waals surface area contributed by atoms with E-state index in [1.54, 1.807) is 6.26 Å². The van der Waals surface area contributed by atoms with Gasteiger partial charge in [0.2, 0.25) is 5.91 Å². The summed E-state index contributed by atoms with van der Waals surface area (Å²) < 4.78 is 10.7. The quantitative estimate of drug-likeness (QED) is 0.475. The molecule has 0 aliphatic carbocycles. The molecule has 0 aliphatic rings. The standard InChI is InChI=1S/C8H16N2O4S/c1-15(14)4-2-3-10-8(13)6(9)5-7(11)12/h6H,2-5,9H2,1H3,(H,10,13)(H,11,12). The molecule has 88 valence electrons. The van der Waals surface area contributed by atoms with Crippen LogP contribution in [0.15, 0.2) is 0 Å². The van der Waals surface area contributed by atoms with Crippen molar-refractivity contribution in [2.75, 3.05) is 18.6 Å². The van der Waals surface area contributed by atoms with E-state index in [1.165, 1.54) is 0 Å². The van der Waals surface area contributed by atoms with Crippen molar-refractivity contribution in [1.29, 1.82) is 0 Å². The molecule has 7 heteroatoms. The van der Waals surface area contributed by atoms with Crippen molar-refractivity contribution in [2.24, 2.45) is 5.73 Å². The van der Waals surface area contributed by atoms with Gasteiger partial charge in [-0.15, -0.1) is 0 Å². The average Bonchev–Trinajstić information content (AvgIpc) is 2.10. The topological polar surface area (TPSA) is 109 Å². The van der Waals surface area contributed by atoms with Gasteiger partial charge in [0.15, 0.2) is 0 Å². The number of hydrogen-bond donors (Lipinski definition) is 3. The van der Waals surface area contributed by atoms with Gasteiger partial charge in [-0.05, 0) is 6.42 Å². The van der Waals surface area contributed by atoms with Gasteiger partial charge in [0.1, 0.15) is 0 Å². The third-order valence-corrected chi connectivity index (χ3v) is 2.50. The molecule has 1 amide bonds. The SMILES string of the molecule is CS(=O)CCCNC(=O)C(N)CC(=O)O. The van der Waals surface area contributed by atoms with Crippen molar-refractivity contribution in [3.63, 3.8) is 0 Å². The number of hydrogen-bond acceptors (Lipinski definition) is 4. The Morgan fingerprint density at radius 3 is 2.60 bits per heavy atom. The van der Waals surface area contributed by atoms with Gasteiger partial charge < -0.3 is 16.2 Å². The number of carboxylic acids is 1. The summed E-state index contributed by atoms with van der Waals surface area (Å²) in [6.45, 7) is 0.367. The highest BCUT2D eigenvalue weighted by Crippen LogP contribution is 1.89. The van der Waals surface area contributed by atoms with E-state index in [2.05, 4.69) is 5.32 Å². The van der Waals surface area contributed by atoms with Gasteiger partial charge in [-0.3, -0.25) is 13.8 Å². The molecule has 0 saturated heterocycles. The monoisotopic (exact) mass is 236 g/mol. The fraction of sp³-hybridized carbons (Fsp3) is 0.750. The van der Waals surface area contributed by atoms with Crippen LogP contribution in [0.1, 0.15) is 12.8 Å². The molecule has 0 fully saturated rings. The summed E-state index contributed by atoms with van der Waals surface area (Å²) in [6.07, 6.45) is 1.79. The fourth-order valence-corrected chi connectivity index (χ4v) is 1.45. The number of carboxylic acid groups (broad SMARTS) is 1. The van der Waals surface area contributed by atoms with E-state index in [0.29, 0.717) is 18.7 Å². The van der Waals surface area contributed by atoms with Crippen LogP contribution in [0.5, 0.6) is 0 Å². The summed E-state index contributed by atoms with van der Waals surface area (Å²) in [5, 5.41) is 10.9. The smallest absolute Gasteiger partial charge is 0.305 e. The Hall–Kier alpha value is -0.950. The summed E-state index contributed by atoms with van der Waals surface area (Å²) in [6, 6.07) is -1.02. The molecule has 6 nitrogen and oxygen atoms in total. The van der Waals surface area contributed by atoms with Gasteiger partial charge in [-0.25, -0.2) is 0 Å². The lowest BCUT2D eigenvalue weighted by atomic mass is 10.2. The third-order valence-electron chi connectivity index (χ3n) is 1.64. The predicted octanol–water partition coefficient (Wildman–Crippen LogP) is -1.33. The zero-order valence-corrected chi connectivity index (χ0v) is 9.38. The summed E-state index contributed by atoms with van der Waals surface area (Å²) >= 11 is 0. The number of carbonyl (C=O) groups is 2. The van der Waals surface area contributed by atoms with E-state index in [-0.39, 0.29) is 6.42 Å². The zero-order valence-electron chi connectivity index (χ0n) is 8.56. The van der Waals surface area contributed by atoms with Crippen molar-refractivity contribution in [1.82, 2.24) is 5.32 Å². The lowest BCUT2D eigenvalue weighted by Crippen LogP contribution is -2.42. The molecule has 2 atom stereocenters. The van der Waals surface area contributed by atoms with Crippen LogP contribution in [-0.2, 0) is 20.4 Å². The molecule has 2 unspecified atom stereocenters. The molecule has 0 radical (unpaired) electrons. The molecular weight excluding hydrogens is 220 g/mol. The number of carbonyl (C=O) groups excluding carboxylic acids is 1. The first kappa shape index (κ1) is 14.1. The Kier molecular flexibility index (Phi) is 6.89. The largest absolute Gasteiger partial charge is 0.481 e. The van der Waals surface area contributed by atoms with Gasteiger partial charge in [0.25, 0.3) is 0 Å². The zero-order chi connectivity index (χ0) is 11.8. The maximum Gasteiger partial charge on any atom is 0.305 e. The molecule has 0 bridgehead atoms. The molecule has 4 N–H and O–H groups in total. The number of amides is 1. The predicted molar refractivity (Wildman–Crippen MR) is 56.8 cm³/mol. The van der Waals surface area contributed by atoms with Crippen molar-refractivity contribution >= 4 is 22.7 Å². The highest BCUT2D eigenvalue weighted by molar-refractivity contribution is 7.84. The van der Waals surface area contributed by atoms with E-state index >= 15 is 0 Å². The molecule has 0 aliphatic heterocycles. The van der Waals surface area contributed by atoms with E-state index in [4.69, 9.17) is 10.8 Å². The van der Waals surface area contributed by atoms with Gasteiger partial charge in [0.05, 0.1) is 12.5 Å². The minimum Gasteiger partial charge on any atom is -0.481 e. The van der Waals surface area contributed by atoms with E-state index < -0.39 is 28.7 Å². The number of nitrogens with one attached hydrogen (secondary N) is 1. The molecule has 0 aromatic rings. The summed E-state index contributed by atoms with van der Waals surface area (Å²) in [7, 11) is -0.877. The maximum atomic E-state index is 11.1.